The van der Waals surface area contributed by atoms with Gasteiger partial charge in [-0.15, -0.1) is 0 Å². The van der Waals surface area contributed by atoms with Crippen LogP contribution in [-0.4, -0.2) is 44.7 Å². The Hall–Kier alpha value is -0.950. The van der Waals surface area contributed by atoms with Crippen LogP contribution < -0.4 is 0 Å². The van der Waals surface area contributed by atoms with Crippen molar-refractivity contribution in [1.29, 1.82) is 0 Å². The van der Waals surface area contributed by atoms with Gasteiger partial charge in [0.15, 0.2) is 0 Å². The van der Waals surface area contributed by atoms with Gasteiger partial charge in [0, 0.05) is 5.56 Å². The molecule has 0 saturated heterocycles. The molecule has 0 aliphatic rings. The maximum atomic E-state index is 10.1. The van der Waals surface area contributed by atoms with E-state index in [-0.39, 0.29) is 6.61 Å². The summed E-state index contributed by atoms with van der Waals surface area (Å²) in [7, 11) is 0.249. The molecule has 0 fully saturated rings. The molecule has 0 saturated carbocycles. The Morgan fingerprint density at radius 2 is 0.951 bits per heavy atom. The normalized spacial score (nSPS) is 11.8. The first-order valence-electron chi connectivity index (χ1n) is 17.2. The predicted molar refractivity (Wildman–Crippen MR) is 176 cm³/mol. The largest absolute Gasteiger partial charge is 0.726 e. The van der Waals surface area contributed by atoms with Crippen LogP contribution in [0.4, 0.5) is 0 Å². The summed E-state index contributed by atoms with van der Waals surface area (Å²) in [4.78, 5) is 0. The first kappa shape index (κ1) is 40.1. The molecule has 41 heavy (non-hydrogen) atoms. The summed E-state index contributed by atoms with van der Waals surface area (Å²) in [5, 5.41) is 0. The van der Waals surface area contributed by atoms with Crippen LogP contribution in [0.2, 0.25) is 0 Å². The zero-order valence-electron chi connectivity index (χ0n) is 27.6. The quantitative estimate of drug-likeness (QED) is 0.0438. The van der Waals surface area contributed by atoms with Crippen molar-refractivity contribution in [3.63, 3.8) is 0 Å². The van der Waals surface area contributed by atoms with Crippen molar-refractivity contribution in [2.45, 2.75) is 162 Å². The van der Waals surface area contributed by atoms with E-state index in [0.29, 0.717) is 6.42 Å². The standard InChI is InChI=1S/C23H42N.C12H26O4S/c1-4-5-6-7-8-9-10-11-12-13-14-18-21-24(2,3)22-23-19-16-15-17-20-23;1-2-3-4-5-6-7-8-9-10-11-12-16-17(13,14)15/h15-17,19-20H,4-14,18,21-22H2,1-3H3;2-12H2,1H3,(H,13,14,15)/q+1;/p-1. The molecule has 5 nitrogen and oxygen atoms in total. The van der Waals surface area contributed by atoms with Gasteiger partial charge in [-0.3, -0.25) is 4.18 Å². The minimum absolute atomic E-state index is 0.0301. The van der Waals surface area contributed by atoms with Crippen molar-refractivity contribution in [2.24, 2.45) is 0 Å². The number of nitrogens with zero attached hydrogens (tertiary/aromatic N) is 1. The Labute approximate surface area is 256 Å². The Balaban J connectivity index is 0.000000831. The molecule has 0 heterocycles. The molecule has 1 aromatic carbocycles. The van der Waals surface area contributed by atoms with Crippen LogP contribution in [0, 0.1) is 0 Å². The highest BCUT2D eigenvalue weighted by atomic mass is 32.3. The van der Waals surface area contributed by atoms with Crippen molar-refractivity contribution in [2.75, 3.05) is 27.2 Å². The molecule has 0 aliphatic carbocycles. The zero-order valence-corrected chi connectivity index (χ0v) is 28.4. The molecule has 242 valence electrons. The molecule has 0 unspecified atom stereocenters. The second-order valence-corrected chi connectivity index (χ2v) is 13.7. The molecule has 0 amide bonds. The lowest BCUT2D eigenvalue weighted by molar-refractivity contribution is -0.903. The monoisotopic (exact) mass is 597 g/mol. The van der Waals surface area contributed by atoms with Crippen LogP contribution in [0.3, 0.4) is 0 Å². The van der Waals surface area contributed by atoms with E-state index in [0.717, 1.165) is 23.9 Å². The summed E-state index contributed by atoms with van der Waals surface area (Å²) in [6, 6.07) is 10.9. The SMILES string of the molecule is CCCCCCCCCCCCCC[N+](C)(C)Cc1ccccc1.CCCCCCCCCCCCOS(=O)(=O)[O-]. The number of rotatable bonds is 27. The van der Waals surface area contributed by atoms with Crippen LogP contribution in [0.5, 0.6) is 0 Å². The minimum atomic E-state index is -4.48. The number of quaternary nitrogens is 1. The molecule has 1 aromatic rings. The fourth-order valence-electron chi connectivity index (χ4n) is 5.29. The van der Waals surface area contributed by atoms with Gasteiger partial charge in [0.05, 0.1) is 27.2 Å². The molecule has 6 heteroatoms. The molecule has 0 spiro atoms. The number of hydrogen-bond donors (Lipinski definition) is 0. The fourth-order valence-corrected chi connectivity index (χ4v) is 5.61. The predicted octanol–water partition coefficient (Wildman–Crippen LogP) is 10.3. The molecule has 0 aromatic heterocycles. The van der Waals surface area contributed by atoms with Crippen molar-refractivity contribution in [3.8, 4) is 0 Å². The van der Waals surface area contributed by atoms with E-state index in [1.54, 1.807) is 0 Å². The second kappa shape index (κ2) is 27.9. The van der Waals surface area contributed by atoms with Crippen molar-refractivity contribution in [1.82, 2.24) is 0 Å². The van der Waals surface area contributed by atoms with Gasteiger partial charge in [-0.2, -0.15) is 0 Å². The van der Waals surface area contributed by atoms with Gasteiger partial charge in [-0.1, -0.05) is 166 Å². The molecule has 0 radical (unpaired) electrons. The smallest absolute Gasteiger partial charge is 0.217 e. The van der Waals surface area contributed by atoms with Crippen molar-refractivity contribution < 1.29 is 21.6 Å². The molecule has 0 aliphatic heterocycles. The van der Waals surface area contributed by atoms with Crippen LogP contribution in [0.15, 0.2) is 30.3 Å². The molecule has 1 rings (SSSR count). The van der Waals surface area contributed by atoms with E-state index in [4.69, 9.17) is 0 Å². The third kappa shape index (κ3) is 31.8. The molecular formula is C35H67NO4S. The zero-order chi connectivity index (χ0) is 30.5. The Morgan fingerprint density at radius 3 is 1.34 bits per heavy atom. The molecule has 0 atom stereocenters. The lowest BCUT2D eigenvalue weighted by Crippen LogP contribution is -2.39. The number of benzene rings is 1. The first-order valence-corrected chi connectivity index (χ1v) is 18.5. The van der Waals surface area contributed by atoms with Gasteiger partial charge in [0.25, 0.3) is 0 Å². The average molecular weight is 598 g/mol. The lowest BCUT2D eigenvalue weighted by Gasteiger charge is -2.30. The Bertz CT molecular complexity index is 768. The Morgan fingerprint density at radius 1 is 0.585 bits per heavy atom. The summed E-state index contributed by atoms with van der Waals surface area (Å²) in [6.07, 6.45) is 28.9. The lowest BCUT2D eigenvalue weighted by atomic mass is 10.1. The summed E-state index contributed by atoms with van der Waals surface area (Å²) in [6.45, 7) is 6.99. The van der Waals surface area contributed by atoms with Gasteiger partial charge in [0.2, 0.25) is 10.4 Å². The highest BCUT2D eigenvalue weighted by Gasteiger charge is 2.14. The third-order valence-electron chi connectivity index (χ3n) is 7.80. The van der Waals surface area contributed by atoms with Gasteiger partial charge < -0.3 is 9.04 Å². The number of hydrogen-bond acceptors (Lipinski definition) is 4. The second-order valence-electron chi connectivity index (χ2n) is 12.6. The molecule has 0 N–H and O–H groups in total. The summed E-state index contributed by atoms with van der Waals surface area (Å²) in [5.74, 6) is 0. The van der Waals surface area contributed by atoms with Crippen LogP contribution >= 0.6 is 0 Å². The van der Waals surface area contributed by atoms with Crippen LogP contribution in [-0.2, 0) is 21.1 Å². The third-order valence-corrected chi connectivity index (χ3v) is 8.25. The van der Waals surface area contributed by atoms with Crippen molar-refractivity contribution in [3.05, 3.63) is 35.9 Å². The highest BCUT2D eigenvalue weighted by molar-refractivity contribution is 7.80. The van der Waals surface area contributed by atoms with E-state index in [2.05, 4.69) is 62.5 Å². The maximum absolute atomic E-state index is 10.1. The summed E-state index contributed by atoms with van der Waals surface area (Å²) >= 11 is 0. The average Bonchev–Trinajstić information content (AvgIpc) is 2.92. The van der Waals surface area contributed by atoms with Crippen LogP contribution in [0.1, 0.15) is 161 Å². The van der Waals surface area contributed by atoms with E-state index in [9.17, 15) is 13.0 Å². The summed E-state index contributed by atoms with van der Waals surface area (Å²) in [5.41, 5.74) is 1.46. The molecule has 0 bridgehead atoms. The van der Waals surface area contributed by atoms with E-state index >= 15 is 0 Å². The van der Waals surface area contributed by atoms with E-state index in [1.165, 1.54) is 134 Å². The number of unbranched alkanes of at least 4 members (excludes halogenated alkanes) is 20. The topological polar surface area (TPSA) is 66.4 Å². The van der Waals surface area contributed by atoms with Gasteiger partial charge in [-0.05, 0) is 19.3 Å². The fraction of sp³-hybridized carbons (Fsp3) is 0.829. The Kier molecular flexibility index (Phi) is 27.2. The highest BCUT2D eigenvalue weighted by Crippen LogP contribution is 2.15. The van der Waals surface area contributed by atoms with Crippen LogP contribution in [0.25, 0.3) is 0 Å². The van der Waals surface area contributed by atoms with Gasteiger partial charge in [0.1, 0.15) is 6.54 Å². The van der Waals surface area contributed by atoms with Gasteiger partial charge >= 0.3 is 0 Å². The van der Waals surface area contributed by atoms with E-state index < -0.39 is 10.4 Å². The first-order chi connectivity index (χ1) is 19.7. The van der Waals surface area contributed by atoms with Gasteiger partial charge in [-0.25, -0.2) is 8.42 Å². The molecular weight excluding hydrogens is 530 g/mol. The maximum Gasteiger partial charge on any atom is 0.217 e. The minimum Gasteiger partial charge on any atom is -0.726 e. The van der Waals surface area contributed by atoms with Crippen molar-refractivity contribution >= 4 is 10.4 Å². The summed E-state index contributed by atoms with van der Waals surface area (Å²) < 4.78 is 35.6. The van der Waals surface area contributed by atoms with E-state index in [1.807, 2.05) is 0 Å².